The van der Waals surface area contributed by atoms with E-state index in [9.17, 15) is 4.79 Å². The van der Waals surface area contributed by atoms with Crippen LogP contribution < -0.4 is 5.32 Å². The predicted octanol–water partition coefficient (Wildman–Crippen LogP) is 3.08. The van der Waals surface area contributed by atoms with Crippen molar-refractivity contribution in [2.24, 2.45) is 0 Å². The molecule has 0 radical (unpaired) electrons. The Labute approximate surface area is 119 Å². The maximum atomic E-state index is 12.5. The lowest BCUT2D eigenvalue weighted by Gasteiger charge is -2.34. The van der Waals surface area contributed by atoms with Crippen LogP contribution in [0.15, 0.2) is 24.3 Å². The van der Waals surface area contributed by atoms with Crippen molar-refractivity contribution in [2.75, 3.05) is 25.0 Å². The molecule has 0 saturated carbocycles. The average molecular weight is 278 g/mol. The highest BCUT2D eigenvalue weighted by molar-refractivity contribution is 8.00. The molecule has 1 aromatic carbocycles. The van der Waals surface area contributed by atoms with E-state index in [4.69, 9.17) is 0 Å². The Hall–Kier alpha value is -1.16. The number of nitrogens with zero attached hydrogens (tertiary/aromatic N) is 1. The molecule has 0 aliphatic carbocycles. The van der Waals surface area contributed by atoms with Crippen molar-refractivity contribution in [1.29, 1.82) is 0 Å². The van der Waals surface area contributed by atoms with Gasteiger partial charge in [0.25, 0.3) is 5.91 Å². The van der Waals surface area contributed by atoms with Gasteiger partial charge < -0.3 is 10.2 Å². The van der Waals surface area contributed by atoms with Crippen LogP contribution in [0.4, 0.5) is 5.69 Å². The van der Waals surface area contributed by atoms with E-state index in [1.807, 2.05) is 40.9 Å². The first-order valence-electron chi connectivity index (χ1n) is 6.88. The Morgan fingerprint density at radius 1 is 1.26 bits per heavy atom. The van der Waals surface area contributed by atoms with E-state index in [0.29, 0.717) is 10.5 Å². The standard InChI is InChI=1S/C15H22N2OS/c1-4-16-14-7-5-13(6-8-14)15(18)17-9-11(2)19-12(3)10-17/h5-8,11-12,16H,4,9-10H2,1-3H3. The van der Waals surface area contributed by atoms with E-state index in [1.54, 1.807) is 0 Å². The number of amides is 1. The van der Waals surface area contributed by atoms with Gasteiger partial charge in [-0.15, -0.1) is 0 Å². The van der Waals surface area contributed by atoms with E-state index in [0.717, 1.165) is 30.9 Å². The van der Waals surface area contributed by atoms with Crippen molar-refractivity contribution in [3.8, 4) is 0 Å². The molecular weight excluding hydrogens is 256 g/mol. The number of carbonyl (C=O) groups is 1. The van der Waals surface area contributed by atoms with Crippen molar-refractivity contribution in [2.45, 2.75) is 31.3 Å². The number of benzene rings is 1. The molecular formula is C15H22N2OS. The van der Waals surface area contributed by atoms with Crippen LogP contribution in [0.1, 0.15) is 31.1 Å². The van der Waals surface area contributed by atoms with Crippen molar-refractivity contribution in [3.63, 3.8) is 0 Å². The maximum Gasteiger partial charge on any atom is 0.253 e. The molecule has 0 aromatic heterocycles. The van der Waals surface area contributed by atoms with E-state index in [-0.39, 0.29) is 5.91 Å². The van der Waals surface area contributed by atoms with Gasteiger partial charge in [-0.05, 0) is 31.2 Å². The second-order valence-corrected chi connectivity index (χ2v) is 6.96. The molecule has 2 rings (SSSR count). The largest absolute Gasteiger partial charge is 0.385 e. The molecule has 1 saturated heterocycles. The van der Waals surface area contributed by atoms with Crippen LogP contribution in [0.25, 0.3) is 0 Å². The third kappa shape index (κ3) is 3.66. The third-order valence-electron chi connectivity index (χ3n) is 3.22. The number of hydrogen-bond donors (Lipinski definition) is 1. The van der Waals surface area contributed by atoms with E-state index >= 15 is 0 Å². The quantitative estimate of drug-likeness (QED) is 0.922. The molecule has 0 spiro atoms. The minimum absolute atomic E-state index is 0.155. The lowest BCUT2D eigenvalue weighted by atomic mass is 10.1. The molecule has 1 fully saturated rings. The van der Waals surface area contributed by atoms with Gasteiger partial charge in [0.2, 0.25) is 0 Å². The summed E-state index contributed by atoms with van der Waals surface area (Å²) in [5.74, 6) is 0.155. The molecule has 4 heteroatoms. The van der Waals surface area contributed by atoms with Crippen LogP contribution >= 0.6 is 11.8 Å². The molecule has 1 aliphatic heterocycles. The number of nitrogens with one attached hydrogen (secondary N) is 1. The maximum absolute atomic E-state index is 12.5. The lowest BCUT2D eigenvalue weighted by Crippen LogP contribution is -2.44. The number of carbonyl (C=O) groups excluding carboxylic acids is 1. The molecule has 104 valence electrons. The summed E-state index contributed by atoms with van der Waals surface area (Å²) in [6.45, 7) is 9.04. The first-order valence-corrected chi connectivity index (χ1v) is 7.83. The summed E-state index contributed by atoms with van der Waals surface area (Å²) in [6.07, 6.45) is 0. The van der Waals surface area contributed by atoms with Gasteiger partial charge in [-0.2, -0.15) is 11.8 Å². The number of anilines is 1. The van der Waals surface area contributed by atoms with Crippen molar-refractivity contribution in [1.82, 2.24) is 4.90 Å². The third-order valence-corrected chi connectivity index (χ3v) is 4.45. The molecule has 2 unspecified atom stereocenters. The highest BCUT2D eigenvalue weighted by Gasteiger charge is 2.26. The van der Waals surface area contributed by atoms with Gasteiger partial charge in [0, 0.05) is 41.4 Å². The van der Waals surface area contributed by atoms with Crippen LogP contribution in [0, 0.1) is 0 Å². The first kappa shape index (κ1) is 14.3. The first-order chi connectivity index (χ1) is 9.10. The molecule has 1 N–H and O–H groups in total. The number of thioether (sulfide) groups is 1. The Kier molecular flexibility index (Phi) is 4.75. The Balaban J connectivity index is 2.06. The Morgan fingerprint density at radius 3 is 2.37 bits per heavy atom. The van der Waals surface area contributed by atoms with Crippen LogP contribution in [0.3, 0.4) is 0 Å². The Bertz CT molecular complexity index is 422. The minimum atomic E-state index is 0.155. The molecule has 0 bridgehead atoms. The minimum Gasteiger partial charge on any atom is -0.385 e. The molecule has 1 amide bonds. The van der Waals surface area contributed by atoms with Gasteiger partial charge in [0.05, 0.1) is 0 Å². The average Bonchev–Trinajstić information content (AvgIpc) is 2.38. The molecule has 1 heterocycles. The normalized spacial score (nSPS) is 23.2. The number of hydrogen-bond acceptors (Lipinski definition) is 3. The van der Waals surface area contributed by atoms with Gasteiger partial charge in [-0.1, -0.05) is 13.8 Å². The fourth-order valence-corrected chi connectivity index (χ4v) is 3.79. The van der Waals surface area contributed by atoms with Gasteiger partial charge in [0.1, 0.15) is 0 Å². The highest BCUT2D eigenvalue weighted by Crippen LogP contribution is 2.25. The smallest absolute Gasteiger partial charge is 0.253 e. The van der Waals surface area contributed by atoms with Crippen LogP contribution in [0.5, 0.6) is 0 Å². The molecule has 1 aromatic rings. The van der Waals surface area contributed by atoms with Crippen LogP contribution in [-0.2, 0) is 0 Å². The monoisotopic (exact) mass is 278 g/mol. The molecule has 3 nitrogen and oxygen atoms in total. The van der Waals surface area contributed by atoms with Crippen molar-refractivity contribution in [3.05, 3.63) is 29.8 Å². The summed E-state index contributed by atoms with van der Waals surface area (Å²) in [5, 5.41) is 4.28. The van der Waals surface area contributed by atoms with E-state index < -0.39 is 0 Å². The number of rotatable bonds is 3. The summed E-state index contributed by atoms with van der Waals surface area (Å²) in [7, 11) is 0. The topological polar surface area (TPSA) is 32.3 Å². The summed E-state index contributed by atoms with van der Waals surface area (Å²) in [4.78, 5) is 14.4. The molecule has 1 aliphatic rings. The fraction of sp³-hybridized carbons (Fsp3) is 0.533. The van der Waals surface area contributed by atoms with Gasteiger partial charge in [-0.25, -0.2) is 0 Å². The zero-order valence-electron chi connectivity index (χ0n) is 11.8. The van der Waals surface area contributed by atoms with Crippen LogP contribution in [-0.4, -0.2) is 40.9 Å². The second-order valence-electron chi connectivity index (χ2n) is 5.08. The van der Waals surface area contributed by atoms with Gasteiger partial charge in [0.15, 0.2) is 0 Å². The predicted molar refractivity (Wildman–Crippen MR) is 83.0 cm³/mol. The zero-order valence-corrected chi connectivity index (χ0v) is 12.7. The Morgan fingerprint density at radius 2 is 1.84 bits per heavy atom. The lowest BCUT2D eigenvalue weighted by molar-refractivity contribution is 0.0753. The van der Waals surface area contributed by atoms with Crippen molar-refractivity contribution < 1.29 is 4.79 Å². The summed E-state index contributed by atoms with van der Waals surface area (Å²) >= 11 is 1.96. The molecule has 19 heavy (non-hydrogen) atoms. The van der Waals surface area contributed by atoms with Gasteiger partial charge in [-0.3, -0.25) is 4.79 Å². The zero-order chi connectivity index (χ0) is 13.8. The van der Waals surface area contributed by atoms with E-state index in [1.165, 1.54) is 0 Å². The summed E-state index contributed by atoms with van der Waals surface area (Å²) in [6, 6.07) is 7.78. The van der Waals surface area contributed by atoms with Crippen molar-refractivity contribution >= 4 is 23.4 Å². The van der Waals surface area contributed by atoms with Gasteiger partial charge >= 0.3 is 0 Å². The van der Waals surface area contributed by atoms with Crippen LogP contribution in [0.2, 0.25) is 0 Å². The fourth-order valence-electron chi connectivity index (χ4n) is 2.46. The SMILES string of the molecule is CCNc1ccc(C(=O)N2CC(C)SC(C)C2)cc1. The highest BCUT2D eigenvalue weighted by atomic mass is 32.2. The summed E-state index contributed by atoms with van der Waals surface area (Å²) in [5.41, 5.74) is 1.85. The molecule has 2 atom stereocenters. The van der Waals surface area contributed by atoms with E-state index in [2.05, 4.69) is 26.1 Å². The summed E-state index contributed by atoms with van der Waals surface area (Å²) < 4.78 is 0. The second kappa shape index (κ2) is 6.33.